The summed E-state index contributed by atoms with van der Waals surface area (Å²) >= 11 is 0. The van der Waals surface area contributed by atoms with E-state index in [2.05, 4.69) is 4.74 Å². The van der Waals surface area contributed by atoms with E-state index in [0.717, 1.165) is 13.2 Å². The molecule has 0 radical (unpaired) electrons. The largest absolute Gasteiger partial charge is 0.465 e. The highest BCUT2D eigenvalue weighted by molar-refractivity contribution is 5.92. The predicted molar refractivity (Wildman–Crippen MR) is 68.5 cm³/mol. The van der Waals surface area contributed by atoms with Crippen LogP contribution in [0.5, 0.6) is 0 Å². The van der Waals surface area contributed by atoms with Gasteiger partial charge in [0.15, 0.2) is 17.9 Å². The number of hydrogen-bond acceptors (Lipinski definition) is 3. The molecular formula is C15H10F2O3. The second-order valence-electron chi connectivity index (χ2n) is 3.99. The van der Waals surface area contributed by atoms with Gasteiger partial charge < -0.3 is 4.74 Å². The van der Waals surface area contributed by atoms with E-state index in [4.69, 9.17) is 0 Å². The first-order chi connectivity index (χ1) is 9.60. The van der Waals surface area contributed by atoms with Crippen LogP contribution in [-0.2, 0) is 4.74 Å². The Bertz CT molecular complexity index is 681. The number of methoxy groups -OCH3 is 1. The second kappa shape index (κ2) is 5.61. The van der Waals surface area contributed by atoms with Gasteiger partial charge in [-0.15, -0.1) is 0 Å². The van der Waals surface area contributed by atoms with Crippen molar-refractivity contribution in [1.82, 2.24) is 0 Å². The molecule has 2 aromatic carbocycles. The minimum atomic E-state index is -1.30. The molecule has 3 nitrogen and oxygen atoms in total. The van der Waals surface area contributed by atoms with E-state index in [0.29, 0.717) is 6.29 Å². The number of carbonyl (C=O) groups is 2. The van der Waals surface area contributed by atoms with Crippen LogP contribution in [0.4, 0.5) is 8.78 Å². The molecule has 2 rings (SSSR count). The zero-order chi connectivity index (χ0) is 14.7. The maximum atomic E-state index is 14.1. The van der Waals surface area contributed by atoms with Crippen molar-refractivity contribution in [3.63, 3.8) is 0 Å². The van der Waals surface area contributed by atoms with Crippen molar-refractivity contribution < 1.29 is 23.1 Å². The average molecular weight is 276 g/mol. The van der Waals surface area contributed by atoms with Crippen LogP contribution in [-0.4, -0.2) is 19.4 Å². The van der Waals surface area contributed by atoms with Crippen LogP contribution in [0, 0.1) is 11.6 Å². The van der Waals surface area contributed by atoms with E-state index in [9.17, 15) is 18.4 Å². The molecule has 0 aliphatic heterocycles. The quantitative estimate of drug-likeness (QED) is 0.638. The highest BCUT2D eigenvalue weighted by Crippen LogP contribution is 2.28. The molecule has 0 aliphatic carbocycles. The molecular weight excluding hydrogens is 266 g/mol. The maximum Gasteiger partial charge on any atom is 0.340 e. The van der Waals surface area contributed by atoms with Crippen molar-refractivity contribution in [2.75, 3.05) is 7.11 Å². The zero-order valence-corrected chi connectivity index (χ0v) is 10.5. The van der Waals surface area contributed by atoms with Gasteiger partial charge in [-0.1, -0.05) is 30.3 Å². The first-order valence-corrected chi connectivity index (χ1v) is 5.71. The Morgan fingerprint density at radius 2 is 1.75 bits per heavy atom. The predicted octanol–water partition coefficient (Wildman–Crippen LogP) is 3.23. The van der Waals surface area contributed by atoms with Gasteiger partial charge in [0.05, 0.1) is 12.7 Å². The summed E-state index contributed by atoms with van der Waals surface area (Å²) in [4.78, 5) is 22.2. The molecule has 0 aliphatic rings. The lowest BCUT2D eigenvalue weighted by Crippen LogP contribution is -2.07. The highest BCUT2D eigenvalue weighted by atomic mass is 19.2. The van der Waals surface area contributed by atoms with Crippen LogP contribution in [0.1, 0.15) is 20.7 Å². The van der Waals surface area contributed by atoms with Gasteiger partial charge >= 0.3 is 5.97 Å². The van der Waals surface area contributed by atoms with E-state index in [1.807, 2.05) is 0 Å². The fourth-order valence-corrected chi connectivity index (χ4v) is 1.87. The lowest BCUT2D eigenvalue weighted by Gasteiger charge is -2.09. The van der Waals surface area contributed by atoms with Crippen molar-refractivity contribution in [3.05, 3.63) is 59.2 Å². The van der Waals surface area contributed by atoms with Crippen molar-refractivity contribution >= 4 is 12.3 Å². The first-order valence-electron chi connectivity index (χ1n) is 5.71. The summed E-state index contributed by atoms with van der Waals surface area (Å²) in [5.74, 6) is -3.45. The number of esters is 1. The zero-order valence-electron chi connectivity index (χ0n) is 10.5. The van der Waals surface area contributed by atoms with Crippen LogP contribution in [0.15, 0.2) is 36.4 Å². The minimum absolute atomic E-state index is 0.0853. The summed E-state index contributed by atoms with van der Waals surface area (Å²) in [5, 5.41) is 0. The van der Waals surface area contributed by atoms with E-state index < -0.39 is 23.2 Å². The summed E-state index contributed by atoms with van der Waals surface area (Å²) in [7, 11) is 1.08. The molecule has 2 aromatic rings. The Morgan fingerprint density at radius 1 is 1.05 bits per heavy atom. The first kappa shape index (κ1) is 13.9. The molecule has 0 saturated heterocycles. The molecule has 0 amide bonds. The number of aldehydes is 1. The van der Waals surface area contributed by atoms with Crippen LogP contribution >= 0.6 is 0 Å². The van der Waals surface area contributed by atoms with Gasteiger partial charge in [-0.3, -0.25) is 4.79 Å². The Kier molecular flexibility index (Phi) is 3.89. The third kappa shape index (κ3) is 2.30. The molecule has 102 valence electrons. The molecule has 0 saturated carbocycles. The topological polar surface area (TPSA) is 43.4 Å². The summed E-state index contributed by atoms with van der Waals surface area (Å²) in [6.45, 7) is 0. The second-order valence-corrected chi connectivity index (χ2v) is 3.99. The average Bonchev–Trinajstić information content (AvgIpc) is 2.49. The third-order valence-corrected chi connectivity index (χ3v) is 2.87. The molecule has 0 unspecified atom stereocenters. The molecule has 0 aromatic heterocycles. The van der Waals surface area contributed by atoms with Crippen molar-refractivity contribution in [3.8, 4) is 11.1 Å². The van der Waals surface area contributed by atoms with Gasteiger partial charge in [-0.2, -0.15) is 0 Å². The monoisotopic (exact) mass is 276 g/mol. The van der Waals surface area contributed by atoms with Gasteiger partial charge in [-0.05, 0) is 11.6 Å². The number of hydrogen-bond donors (Lipinski definition) is 0. The summed E-state index contributed by atoms with van der Waals surface area (Å²) in [6, 6.07) is 8.58. The van der Waals surface area contributed by atoms with Crippen molar-refractivity contribution in [1.29, 1.82) is 0 Å². The number of ether oxygens (including phenoxy) is 1. The molecule has 5 heteroatoms. The minimum Gasteiger partial charge on any atom is -0.465 e. The van der Waals surface area contributed by atoms with Gasteiger partial charge in [0.2, 0.25) is 0 Å². The Hall–Kier alpha value is -2.56. The molecule has 0 spiro atoms. The molecule has 0 N–H and O–H groups in total. The normalized spacial score (nSPS) is 10.2. The number of rotatable bonds is 3. The summed E-state index contributed by atoms with van der Waals surface area (Å²) < 4.78 is 32.3. The van der Waals surface area contributed by atoms with E-state index in [-0.39, 0.29) is 16.7 Å². The van der Waals surface area contributed by atoms with Crippen LogP contribution < -0.4 is 0 Å². The van der Waals surface area contributed by atoms with Crippen molar-refractivity contribution in [2.45, 2.75) is 0 Å². The number of benzene rings is 2. The summed E-state index contributed by atoms with van der Waals surface area (Å²) in [5.41, 5.74) is -0.0814. The highest BCUT2D eigenvalue weighted by Gasteiger charge is 2.20. The smallest absolute Gasteiger partial charge is 0.340 e. The van der Waals surface area contributed by atoms with Crippen LogP contribution in [0.2, 0.25) is 0 Å². The molecule has 0 heterocycles. The lowest BCUT2D eigenvalue weighted by molar-refractivity contribution is 0.0594. The summed E-state index contributed by atoms with van der Waals surface area (Å²) in [6.07, 6.45) is 0.556. The fraction of sp³-hybridized carbons (Fsp3) is 0.0667. The van der Waals surface area contributed by atoms with Crippen LogP contribution in [0.3, 0.4) is 0 Å². The van der Waals surface area contributed by atoms with Crippen molar-refractivity contribution in [2.24, 2.45) is 0 Å². The maximum absolute atomic E-state index is 14.1. The van der Waals surface area contributed by atoms with E-state index in [1.165, 1.54) is 18.2 Å². The molecule has 0 bridgehead atoms. The Labute approximate surface area is 113 Å². The van der Waals surface area contributed by atoms with Gasteiger partial charge in [0.1, 0.15) is 0 Å². The fourth-order valence-electron chi connectivity index (χ4n) is 1.87. The van der Waals surface area contributed by atoms with E-state index >= 15 is 0 Å². The molecule has 20 heavy (non-hydrogen) atoms. The SMILES string of the molecule is COC(=O)c1ccc(-c2ccccc2C=O)c(F)c1F. The van der Waals surface area contributed by atoms with Gasteiger partial charge in [0, 0.05) is 11.1 Å². The molecule has 0 fully saturated rings. The number of carbonyl (C=O) groups excluding carboxylic acids is 2. The Balaban J connectivity index is 2.63. The van der Waals surface area contributed by atoms with E-state index in [1.54, 1.807) is 12.1 Å². The molecule has 0 atom stereocenters. The Morgan fingerprint density at radius 3 is 2.40 bits per heavy atom. The third-order valence-electron chi connectivity index (χ3n) is 2.87. The number of halogens is 2. The van der Waals surface area contributed by atoms with Gasteiger partial charge in [0.25, 0.3) is 0 Å². The van der Waals surface area contributed by atoms with Gasteiger partial charge in [-0.25, -0.2) is 13.6 Å². The van der Waals surface area contributed by atoms with Crippen LogP contribution in [0.25, 0.3) is 11.1 Å². The lowest BCUT2D eigenvalue weighted by atomic mass is 9.98. The standard InChI is InChI=1S/C15H10F2O3/c1-20-15(19)12-7-6-11(13(16)14(12)17)10-5-3-2-4-9(10)8-18/h2-8H,1H3.